The fraction of sp³-hybridized carbons (Fsp3) is 0.294. The number of H-pyrrole nitrogens is 1. The lowest BCUT2D eigenvalue weighted by Gasteiger charge is -2.32. The molecule has 0 bridgehead atoms. The highest BCUT2D eigenvalue weighted by molar-refractivity contribution is 6.36. The molecule has 1 N–H and O–H groups in total. The number of aromatic nitrogens is 3. The van der Waals surface area contributed by atoms with Crippen LogP contribution in [0.3, 0.4) is 0 Å². The van der Waals surface area contributed by atoms with Gasteiger partial charge in [0.1, 0.15) is 17.1 Å². The number of benzene rings is 1. The predicted octanol–water partition coefficient (Wildman–Crippen LogP) is 4.17. The van der Waals surface area contributed by atoms with E-state index in [4.69, 9.17) is 11.6 Å². The monoisotopic (exact) mass is 312 g/mol. The Bertz CT molecular complexity index is 846. The minimum atomic E-state index is 0.496. The minimum Gasteiger partial charge on any atom is -0.371 e. The van der Waals surface area contributed by atoms with E-state index in [0.29, 0.717) is 11.1 Å². The van der Waals surface area contributed by atoms with Crippen molar-refractivity contribution in [2.24, 2.45) is 5.92 Å². The summed E-state index contributed by atoms with van der Waals surface area (Å²) in [7, 11) is 0. The summed E-state index contributed by atoms with van der Waals surface area (Å²) in [6.45, 7) is 6.05. The third kappa shape index (κ3) is 2.15. The maximum absolute atomic E-state index is 6.21. The van der Waals surface area contributed by atoms with Gasteiger partial charge in [-0.25, -0.2) is 9.97 Å². The van der Waals surface area contributed by atoms with Crippen LogP contribution < -0.4 is 4.90 Å². The highest BCUT2D eigenvalue weighted by atomic mass is 35.5. The zero-order valence-electron chi connectivity index (χ0n) is 12.2. The number of allylic oxidation sites excluding steroid dienone is 1. The third-order valence-electron chi connectivity index (χ3n) is 4.56. The van der Waals surface area contributed by atoms with E-state index in [1.165, 1.54) is 24.9 Å². The molecule has 0 saturated carbocycles. The van der Waals surface area contributed by atoms with Gasteiger partial charge in [-0.3, -0.25) is 0 Å². The van der Waals surface area contributed by atoms with Crippen LogP contribution in [0.25, 0.3) is 21.9 Å². The Kier molecular flexibility index (Phi) is 3.26. The SMILES string of the molecule is C=CC1CCN(c2ccc3c(c2)[nH]c2ncnc(Cl)c23)CC1. The molecule has 1 aliphatic heterocycles. The molecule has 5 heteroatoms. The summed E-state index contributed by atoms with van der Waals surface area (Å²) in [5, 5.41) is 2.47. The van der Waals surface area contributed by atoms with E-state index >= 15 is 0 Å². The minimum absolute atomic E-state index is 0.496. The third-order valence-corrected chi connectivity index (χ3v) is 4.85. The van der Waals surface area contributed by atoms with Gasteiger partial charge in [0.25, 0.3) is 0 Å². The van der Waals surface area contributed by atoms with Gasteiger partial charge < -0.3 is 9.88 Å². The van der Waals surface area contributed by atoms with E-state index in [1.807, 2.05) is 0 Å². The van der Waals surface area contributed by atoms with Crippen LogP contribution in [0.15, 0.2) is 37.2 Å². The lowest BCUT2D eigenvalue weighted by molar-refractivity contribution is 0.479. The van der Waals surface area contributed by atoms with Crippen LogP contribution in [0.5, 0.6) is 0 Å². The number of fused-ring (bicyclic) bond motifs is 3. The largest absolute Gasteiger partial charge is 0.371 e. The Hall–Kier alpha value is -2.07. The molecule has 4 rings (SSSR count). The second-order valence-electron chi connectivity index (χ2n) is 5.80. The van der Waals surface area contributed by atoms with Gasteiger partial charge in [-0.05, 0) is 37.0 Å². The van der Waals surface area contributed by atoms with Crippen LogP contribution in [0.2, 0.25) is 5.15 Å². The lowest BCUT2D eigenvalue weighted by Crippen LogP contribution is -2.32. The maximum Gasteiger partial charge on any atom is 0.143 e. The molecule has 0 aliphatic carbocycles. The van der Waals surface area contributed by atoms with Gasteiger partial charge in [0.15, 0.2) is 0 Å². The van der Waals surface area contributed by atoms with E-state index in [0.717, 1.165) is 35.0 Å². The maximum atomic E-state index is 6.21. The molecule has 0 amide bonds. The Balaban J connectivity index is 1.74. The fourth-order valence-corrected chi connectivity index (χ4v) is 3.50. The van der Waals surface area contributed by atoms with Crippen LogP contribution in [0, 0.1) is 5.92 Å². The van der Waals surface area contributed by atoms with Gasteiger partial charge >= 0.3 is 0 Å². The van der Waals surface area contributed by atoms with Crippen molar-refractivity contribution >= 4 is 39.2 Å². The molecule has 2 aromatic heterocycles. The van der Waals surface area contributed by atoms with E-state index in [-0.39, 0.29) is 0 Å². The van der Waals surface area contributed by atoms with Crippen molar-refractivity contribution in [3.8, 4) is 0 Å². The molecule has 0 atom stereocenters. The highest BCUT2D eigenvalue weighted by Crippen LogP contribution is 2.32. The van der Waals surface area contributed by atoms with Gasteiger partial charge in [-0.15, -0.1) is 6.58 Å². The standard InChI is InChI=1S/C17H17ClN4/c1-2-11-5-7-22(8-6-11)12-3-4-13-14(9-12)21-17-15(13)16(18)19-10-20-17/h2-4,9-11H,1,5-8H2,(H,19,20,21). The molecule has 1 fully saturated rings. The zero-order chi connectivity index (χ0) is 15.1. The summed E-state index contributed by atoms with van der Waals surface area (Å²) in [6.07, 6.45) is 5.91. The lowest BCUT2D eigenvalue weighted by atomic mass is 9.97. The summed E-state index contributed by atoms with van der Waals surface area (Å²) in [6, 6.07) is 6.45. The molecule has 1 aliphatic rings. The Morgan fingerprint density at radius 1 is 1.27 bits per heavy atom. The molecule has 22 heavy (non-hydrogen) atoms. The van der Waals surface area contributed by atoms with Crippen molar-refractivity contribution in [3.63, 3.8) is 0 Å². The number of nitrogens with zero attached hydrogens (tertiary/aromatic N) is 3. The Morgan fingerprint density at radius 3 is 2.86 bits per heavy atom. The average molecular weight is 313 g/mol. The summed E-state index contributed by atoms with van der Waals surface area (Å²) in [5.41, 5.74) is 3.09. The second kappa shape index (κ2) is 5.29. The molecule has 0 radical (unpaired) electrons. The molecule has 0 spiro atoms. The molecule has 1 aromatic carbocycles. The van der Waals surface area contributed by atoms with Gasteiger partial charge in [0.2, 0.25) is 0 Å². The van der Waals surface area contributed by atoms with Crippen molar-refractivity contribution in [1.82, 2.24) is 15.0 Å². The van der Waals surface area contributed by atoms with Crippen LogP contribution in [0.1, 0.15) is 12.8 Å². The topological polar surface area (TPSA) is 44.8 Å². The molecule has 1 saturated heterocycles. The molecule has 4 nitrogen and oxygen atoms in total. The normalized spacial score (nSPS) is 16.5. The quantitative estimate of drug-likeness (QED) is 0.570. The van der Waals surface area contributed by atoms with Crippen LogP contribution in [-0.2, 0) is 0 Å². The second-order valence-corrected chi connectivity index (χ2v) is 6.16. The zero-order valence-corrected chi connectivity index (χ0v) is 13.0. The first kappa shape index (κ1) is 13.6. The number of aromatic amines is 1. The fourth-order valence-electron chi connectivity index (χ4n) is 3.27. The predicted molar refractivity (Wildman–Crippen MR) is 91.5 cm³/mol. The van der Waals surface area contributed by atoms with Gasteiger partial charge in [-0.1, -0.05) is 17.7 Å². The van der Waals surface area contributed by atoms with Crippen molar-refractivity contribution in [2.75, 3.05) is 18.0 Å². The van der Waals surface area contributed by atoms with Crippen LogP contribution >= 0.6 is 11.6 Å². The first-order valence-corrected chi connectivity index (χ1v) is 7.93. The molecule has 112 valence electrons. The van der Waals surface area contributed by atoms with Gasteiger partial charge in [0, 0.05) is 29.7 Å². The van der Waals surface area contributed by atoms with Crippen molar-refractivity contribution in [1.29, 1.82) is 0 Å². The highest BCUT2D eigenvalue weighted by Gasteiger charge is 2.18. The van der Waals surface area contributed by atoms with E-state index < -0.39 is 0 Å². The van der Waals surface area contributed by atoms with Crippen LogP contribution in [0.4, 0.5) is 5.69 Å². The molecule has 3 aromatic rings. The number of halogens is 1. The van der Waals surface area contributed by atoms with Gasteiger partial charge in [-0.2, -0.15) is 0 Å². The first-order chi connectivity index (χ1) is 10.8. The number of rotatable bonds is 2. The summed E-state index contributed by atoms with van der Waals surface area (Å²) >= 11 is 6.21. The number of hydrogen-bond acceptors (Lipinski definition) is 3. The summed E-state index contributed by atoms with van der Waals surface area (Å²) < 4.78 is 0. The summed E-state index contributed by atoms with van der Waals surface area (Å²) in [4.78, 5) is 14.1. The Morgan fingerprint density at radius 2 is 2.09 bits per heavy atom. The van der Waals surface area contributed by atoms with Gasteiger partial charge in [0.05, 0.1) is 5.39 Å². The number of nitrogens with one attached hydrogen (secondary N) is 1. The molecule has 0 unspecified atom stereocenters. The van der Waals surface area contributed by atoms with Crippen LogP contribution in [-0.4, -0.2) is 28.0 Å². The molecular formula is C17H17ClN4. The molecule has 3 heterocycles. The number of piperidine rings is 1. The average Bonchev–Trinajstić information content (AvgIpc) is 2.93. The number of anilines is 1. The van der Waals surface area contributed by atoms with Crippen molar-refractivity contribution in [3.05, 3.63) is 42.3 Å². The van der Waals surface area contributed by atoms with E-state index in [1.54, 1.807) is 0 Å². The van der Waals surface area contributed by atoms with Crippen molar-refractivity contribution in [2.45, 2.75) is 12.8 Å². The van der Waals surface area contributed by atoms with E-state index in [2.05, 4.69) is 50.7 Å². The summed E-state index contributed by atoms with van der Waals surface area (Å²) in [5.74, 6) is 0.655. The van der Waals surface area contributed by atoms with Crippen molar-refractivity contribution < 1.29 is 0 Å². The Labute approximate surface area is 133 Å². The first-order valence-electron chi connectivity index (χ1n) is 7.55. The number of hydrogen-bond donors (Lipinski definition) is 1. The smallest absolute Gasteiger partial charge is 0.143 e. The molecular weight excluding hydrogens is 296 g/mol. The van der Waals surface area contributed by atoms with E-state index in [9.17, 15) is 0 Å².